The fraction of sp³-hybridized carbons (Fsp3) is 0.312. The van der Waals surface area contributed by atoms with E-state index in [1.165, 1.54) is 11.3 Å². The van der Waals surface area contributed by atoms with Crippen molar-refractivity contribution in [3.8, 4) is 0 Å². The monoisotopic (exact) mass is 332 g/mol. The van der Waals surface area contributed by atoms with Gasteiger partial charge in [-0.25, -0.2) is 9.99 Å². The first kappa shape index (κ1) is 17.1. The predicted octanol–water partition coefficient (Wildman–Crippen LogP) is 1.93. The molecule has 0 atom stereocenters. The maximum atomic E-state index is 12.5. The molecule has 122 valence electrons. The first-order valence-electron chi connectivity index (χ1n) is 7.11. The molecule has 23 heavy (non-hydrogen) atoms. The lowest BCUT2D eigenvalue weighted by molar-refractivity contribution is 0.0785. The Morgan fingerprint density at radius 2 is 1.91 bits per heavy atom. The second-order valence-electron chi connectivity index (χ2n) is 5.46. The molecule has 1 N–H and O–H groups in total. The lowest BCUT2D eigenvalue weighted by Crippen LogP contribution is -2.36. The van der Waals surface area contributed by atoms with Crippen LogP contribution < -0.4 is 5.43 Å². The van der Waals surface area contributed by atoms with Gasteiger partial charge in [-0.05, 0) is 25.1 Å². The van der Waals surface area contributed by atoms with E-state index in [1.54, 1.807) is 55.3 Å². The Bertz CT molecular complexity index is 712. The number of amides is 2. The van der Waals surface area contributed by atoms with Gasteiger partial charge >= 0.3 is 0 Å². The van der Waals surface area contributed by atoms with E-state index in [0.29, 0.717) is 17.7 Å². The van der Waals surface area contributed by atoms with Gasteiger partial charge in [-0.2, -0.15) is 0 Å². The molecule has 0 aliphatic carbocycles. The van der Waals surface area contributed by atoms with Gasteiger partial charge in [0, 0.05) is 43.3 Å². The number of nitrogens with one attached hydrogen (secondary N) is 1. The Labute approximate surface area is 139 Å². The van der Waals surface area contributed by atoms with Crippen LogP contribution in [0.2, 0.25) is 0 Å². The highest BCUT2D eigenvalue weighted by Gasteiger charge is 2.15. The van der Waals surface area contributed by atoms with Crippen LogP contribution in [0, 0.1) is 6.92 Å². The van der Waals surface area contributed by atoms with Crippen LogP contribution in [0.25, 0.3) is 0 Å². The Hall–Kier alpha value is -2.25. The van der Waals surface area contributed by atoms with E-state index in [9.17, 15) is 9.59 Å². The molecule has 0 fully saturated rings. The van der Waals surface area contributed by atoms with Crippen LogP contribution in [0.5, 0.6) is 0 Å². The van der Waals surface area contributed by atoms with Crippen molar-refractivity contribution in [3.05, 3.63) is 51.5 Å². The summed E-state index contributed by atoms with van der Waals surface area (Å²) in [6, 6.07) is 6.70. The molecule has 6 nitrogen and oxygen atoms in total. The third-order valence-corrected chi connectivity index (χ3v) is 4.03. The van der Waals surface area contributed by atoms with Gasteiger partial charge in [0.2, 0.25) is 0 Å². The Morgan fingerprint density at radius 1 is 1.22 bits per heavy atom. The summed E-state index contributed by atoms with van der Waals surface area (Å²) in [5.74, 6) is -0.389. The Kier molecular flexibility index (Phi) is 5.46. The van der Waals surface area contributed by atoms with Crippen molar-refractivity contribution < 1.29 is 9.59 Å². The number of hydrogen-bond acceptors (Lipinski definition) is 5. The van der Waals surface area contributed by atoms with E-state index >= 15 is 0 Å². The van der Waals surface area contributed by atoms with Crippen LogP contribution in [-0.2, 0) is 6.54 Å². The fourth-order valence-corrected chi connectivity index (χ4v) is 2.86. The molecule has 1 aromatic heterocycles. The van der Waals surface area contributed by atoms with Crippen LogP contribution in [-0.4, -0.2) is 47.9 Å². The van der Waals surface area contributed by atoms with E-state index < -0.39 is 0 Å². The molecular formula is C16H20N4O2S. The summed E-state index contributed by atoms with van der Waals surface area (Å²) in [6.07, 6.45) is 0. The van der Waals surface area contributed by atoms with Gasteiger partial charge in [0.25, 0.3) is 11.8 Å². The molecule has 0 spiro atoms. The molecule has 0 saturated heterocycles. The standard InChI is InChI=1S/C16H20N4O2S/c1-11-10-23-14(17-11)9-20(4)16(22)13-7-5-6-12(8-13)15(21)18-19(2)3/h5-8,10H,9H2,1-4H3,(H,18,21). The number of benzene rings is 1. The molecule has 7 heteroatoms. The van der Waals surface area contributed by atoms with Crippen LogP contribution in [0.4, 0.5) is 0 Å². The molecule has 0 radical (unpaired) electrons. The first-order chi connectivity index (χ1) is 10.9. The molecular weight excluding hydrogens is 312 g/mol. The number of hydrogen-bond donors (Lipinski definition) is 1. The highest BCUT2D eigenvalue weighted by atomic mass is 32.1. The van der Waals surface area contributed by atoms with Crippen LogP contribution in [0.3, 0.4) is 0 Å². The molecule has 0 aliphatic heterocycles. The minimum atomic E-state index is -0.247. The van der Waals surface area contributed by atoms with Crippen LogP contribution in [0.15, 0.2) is 29.6 Å². The molecule has 0 bridgehead atoms. The minimum absolute atomic E-state index is 0.141. The topological polar surface area (TPSA) is 65.5 Å². The number of carbonyl (C=O) groups excluding carboxylic acids is 2. The zero-order valence-corrected chi connectivity index (χ0v) is 14.5. The second-order valence-corrected chi connectivity index (χ2v) is 6.40. The van der Waals surface area contributed by atoms with E-state index in [2.05, 4.69) is 10.4 Å². The number of aromatic nitrogens is 1. The maximum absolute atomic E-state index is 12.5. The van der Waals surface area contributed by atoms with Crippen molar-refractivity contribution in [2.75, 3.05) is 21.1 Å². The van der Waals surface area contributed by atoms with E-state index in [-0.39, 0.29) is 11.8 Å². The molecule has 1 heterocycles. The number of thiazole rings is 1. The third kappa shape index (κ3) is 4.61. The minimum Gasteiger partial charge on any atom is -0.335 e. The summed E-state index contributed by atoms with van der Waals surface area (Å²) in [6.45, 7) is 2.38. The van der Waals surface area contributed by atoms with Gasteiger partial charge in [0.05, 0.1) is 6.54 Å². The summed E-state index contributed by atoms with van der Waals surface area (Å²) in [4.78, 5) is 30.5. The normalized spacial score (nSPS) is 10.7. The quantitative estimate of drug-likeness (QED) is 0.850. The summed E-state index contributed by atoms with van der Waals surface area (Å²) in [5, 5.41) is 4.41. The summed E-state index contributed by atoms with van der Waals surface area (Å²) < 4.78 is 0. The number of hydrazine groups is 1. The fourth-order valence-electron chi connectivity index (χ4n) is 2.03. The molecule has 2 aromatic rings. The van der Waals surface area contributed by atoms with E-state index in [4.69, 9.17) is 0 Å². The van der Waals surface area contributed by atoms with Crippen molar-refractivity contribution in [1.29, 1.82) is 0 Å². The molecule has 0 unspecified atom stereocenters. The van der Waals surface area contributed by atoms with Crippen LogP contribution in [0.1, 0.15) is 31.4 Å². The van der Waals surface area contributed by atoms with Crippen molar-refractivity contribution in [2.45, 2.75) is 13.5 Å². The average molecular weight is 332 g/mol. The van der Waals surface area contributed by atoms with Crippen molar-refractivity contribution in [3.63, 3.8) is 0 Å². The Morgan fingerprint density at radius 3 is 2.52 bits per heavy atom. The van der Waals surface area contributed by atoms with E-state index in [0.717, 1.165) is 10.7 Å². The molecule has 1 aromatic carbocycles. The third-order valence-electron chi connectivity index (χ3n) is 3.08. The largest absolute Gasteiger partial charge is 0.335 e. The van der Waals surface area contributed by atoms with Gasteiger partial charge in [-0.1, -0.05) is 6.07 Å². The summed E-state index contributed by atoms with van der Waals surface area (Å²) in [5.41, 5.74) is 4.54. The maximum Gasteiger partial charge on any atom is 0.265 e. The molecule has 2 rings (SSSR count). The highest BCUT2D eigenvalue weighted by molar-refractivity contribution is 7.09. The summed E-state index contributed by atoms with van der Waals surface area (Å²) >= 11 is 1.53. The van der Waals surface area contributed by atoms with Gasteiger partial charge in [-0.15, -0.1) is 11.3 Å². The van der Waals surface area contributed by atoms with E-state index in [1.807, 2.05) is 12.3 Å². The number of aryl methyl sites for hydroxylation is 1. The van der Waals surface area contributed by atoms with Gasteiger partial charge in [-0.3, -0.25) is 15.0 Å². The van der Waals surface area contributed by atoms with Gasteiger partial charge in [0.1, 0.15) is 5.01 Å². The lowest BCUT2D eigenvalue weighted by Gasteiger charge is -2.16. The highest BCUT2D eigenvalue weighted by Crippen LogP contribution is 2.14. The number of rotatable bonds is 5. The second kappa shape index (κ2) is 7.34. The molecule has 0 aliphatic rings. The van der Waals surface area contributed by atoms with Crippen molar-refractivity contribution in [1.82, 2.24) is 20.3 Å². The van der Waals surface area contributed by atoms with Crippen molar-refractivity contribution in [2.24, 2.45) is 0 Å². The Balaban J connectivity index is 2.11. The molecule has 0 saturated carbocycles. The SMILES string of the molecule is Cc1csc(CN(C)C(=O)c2cccc(C(=O)NN(C)C)c2)n1. The van der Waals surface area contributed by atoms with Crippen molar-refractivity contribution >= 4 is 23.2 Å². The lowest BCUT2D eigenvalue weighted by atomic mass is 10.1. The van der Waals surface area contributed by atoms with Gasteiger partial charge in [0.15, 0.2) is 0 Å². The number of carbonyl (C=O) groups is 2. The van der Waals surface area contributed by atoms with Crippen LogP contribution >= 0.6 is 11.3 Å². The zero-order chi connectivity index (χ0) is 17.0. The molecule has 2 amide bonds. The van der Waals surface area contributed by atoms with Gasteiger partial charge < -0.3 is 4.90 Å². The smallest absolute Gasteiger partial charge is 0.265 e. The first-order valence-corrected chi connectivity index (χ1v) is 7.99. The zero-order valence-electron chi connectivity index (χ0n) is 13.7. The predicted molar refractivity (Wildman–Crippen MR) is 90.2 cm³/mol. The number of nitrogens with zero attached hydrogens (tertiary/aromatic N) is 3. The average Bonchev–Trinajstić information content (AvgIpc) is 2.91. The summed E-state index contributed by atoms with van der Waals surface area (Å²) in [7, 11) is 5.19.